The van der Waals surface area contributed by atoms with Crippen molar-refractivity contribution in [3.8, 4) is 5.75 Å². The van der Waals surface area contributed by atoms with Crippen molar-refractivity contribution in [1.29, 1.82) is 0 Å². The fraction of sp³-hybridized carbons (Fsp3) is 0.350. The number of benzene rings is 2. The maximum Gasteiger partial charge on any atom is 0.200 e. The van der Waals surface area contributed by atoms with Gasteiger partial charge in [0.1, 0.15) is 29.6 Å². The average molecular weight is 354 g/mol. The Labute approximate surface area is 151 Å². The Hall–Kier alpha value is -2.41. The molecule has 6 heteroatoms. The third kappa shape index (κ3) is 3.58. The number of ether oxygens (including phenoxy) is 1. The molecule has 1 aromatic heterocycles. The Balaban J connectivity index is 1.49. The van der Waals surface area contributed by atoms with Crippen LogP contribution in [0.2, 0.25) is 0 Å². The molecule has 2 N–H and O–H groups in total. The Morgan fingerprint density at radius 3 is 2.73 bits per heavy atom. The lowest BCUT2D eigenvalue weighted by molar-refractivity contribution is 0.0642. The van der Waals surface area contributed by atoms with Crippen LogP contribution >= 0.6 is 0 Å². The molecule has 0 aliphatic carbocycles. The summed E-state index contributed by atoms with van der Waals surface area (Å²) >= 11 is 0. The lowest BCUT2D eigenvalue weighted by Gasteiger charge is -2.29. The van der Waals surface area contributed by atoms with Gasteiger partial charge in [0.2, 0.25) is 5.43 Å². The molecule has 2 aromatic carbocycles. The lowest BCUT2D eigenvalue weighted by Crippen LogP contribution is -2.47. The molecule has 1 fully saturated rings. The fourth-order valence-corrected chi connectivity index (χ4v) is 3.31. The van der Waals surface area contributed by atoms with E-state index in [0.29, 0.717) is 34.2 Å². The minimum Gasteiger partial charge on any atom is -0.491 e. The minimum atomic E-state index is -0.572. The van der Waals surface area contributed by atoms with Gasteiger partial charge in [-0.25, -0.2) is 0 Å². The van der Waals surface area contributed by atoms with Crippen LogP contribution in [-0.2, 0) is 0 Å². The quantitative estimate of drug-likeness (QED) is 0.678. The highest BCUT2D eigenvalue weighted by molar-refractivity contribution is 5.90. The van der Waals surface area contributed by atoms with Gasteiger partial charge in [-0.2, -0.15) is 0 Å². The molecular formula is C20H22N2O4. The summed E-state index contributed by atoms with van der Waals surface area (Å²) in [5.41, 5.74) is 1.03. The first-order valence-electron chi connectivity index (χ1n) is 8.90. The molecule has 0 spiro atoms. The smallest absolute Gasteiger partial charge is 0.200 e. The van der Waals surface area contributed by atoms with Crippen LogP contribution in [0.4, 0.5) is 0 Å². The molecule has 26 heavy (non-hydrogen) atoms. The molecule has 1 atom stereocenters. The van der Waals surface area contributed by atoms with E-state index in [1.807, 2.05) is 12.1 Å². The summed E-state index contributed by atoms with van der Waals surface area (Å²) in [7, 11) is 0. The number of β-amino-alcohol motifs (C(OH)–C–C–N with tert-alkyl or cyclic N) is 1. The number of rotatable bonds is 5. The summed E-state index contributed by atoms with van der Waals surface area (Å²) in [6, 6.07) is 12.4. The minimum absolute atomic E-state index is 0.0753. The standard InChI is InChI=1S/C20H22N2O4/c23-14(12-22-9-7-21-8-10-22)13-25-15-5-6-19-17(11-15)20(24)16-3-1-2-4-18(16)26-19/h1-6,11,14,21,23H,7-10,12-13H2. The van der Waals surface area contributed by atoms with Gasteiger partial charge in [-0.15, -0.1) is 0 Å². The van der Waals surface area contributed by atoms with Crippen LogP contribution < -0.4 is 15.5 Å². The molecule has 1 unspecified atom stereocenters. The van der Waals surface area contributed by atoms with Crippen molar-refractivity contribution in [2.45, 2.75) is 6.10 Å². The van der Waals surface area contributed by atoms with E-state index >= 15 is 0 Å². The number of hydrogen-bond acceptors (Lipinski definition) is 6. The largest absolute Gasteiger partial charge is 0.491 e. The predicted octanol–water partition coefficient (Wildman–Crippen LogP) is 1.59. The van der Waals surface area contributed by atoms with E-state index in [1.165, 1.54) is 0 Å². The molecule has 0 amide bonds. The van der Waals surface area contributed by atoms with E-state index < -0.39 is 6.10 Å². The van der Waals surface area contributed by atoms with Gasteiger partial charge in [-0.05, 0) is 30.3 Å². The van der Waals surface area contributed by atoms with Crippen LogP contribution in [0, 0.1) is 0 Å². The van der Waals surface area contributed by atoms with Crippen LogP contribution in [0.15, 0.2) is 51.7 Å². The van der Waals surface area contributed by atoms with Crippen LogP contribution in [0.25, 0.3) is 21.9 Å². The lowest BCUT2D eigenvalue weighted by atomic mass is 10.1. The summed E-state index contributed by atoms with van der Waals surface area (Å²) < 4.78 is 11.5. The van der Waals surface area contributed by atoms with Gasteiger partial charge in [0.05, 0.1) is 10.8 Å². The molecule has 6 nitrogen and oxygen atoms in total. The number of nitrogens with one attached hydrogen (secondary N) is 1. The van der Waals surface area contributed by atoms with Crippen molar-refractivity contribution in [3.05, 3.63) is 52.7 Å². The van der Waals surface area contributed by atoms with Gasteiger partial charge in [-0.3, -0.25) is 9.69 Å². The van der Waals surface area contributed by atoms with Gasteiger partial charge in [-0.1, -0.05) is 12.1 Å². The summed E-state index contributed by atoms with van der Waals surface area (Å²) in [5, 5.41) is 14.5. The van der Waals surface area contributed by atoms with Gasteiger partial charge in [0.25, 0.3) is 0 Å². The Morgan fingerprint density at radius 2 is 1.88 bits per heavy atom. The first-order valence-corrected chi connectivity index (χ1v) is 8.90. The molecule has 136 valence electrons. The van der Waals surface area contributed by atoms with Crippen molar-refractivity contribution < 1.29 is 14.3 Å². The number of nitrogens with zero attached hydrogens (tertiary/aromatic N) is 1. The maximum atomic E-state index is 12.7. The zero-order valence-corrected chi connectivity index (χ0v) is 14.5. The summed E-state index contributed by atoms with van der Waals surface area (Å²) in [6.07, 6.45) is -0.572. The second kappa shape index (κ2) is 7.45. The van der Waals surface area contributed by atoms with Crippen LogP contribution in [0.5, 0.6) is 5.75 Å². The van der Waals surface area contributed by atoms with Gasteiger partial charge in [0.15, 0.2) is 0 Å². The summed E-state index contributed by atoms with van der Waals surface area (Å²) in [6.45, 7) is 4.53. The predicted molar refractivity (Wildman–Crippen MR) is 101 cm³/mol. The van der Waals surface area contributed by atoms with E-state index in [1.54, 1.807) is 30.3 Å². The Morgan fingerprint density at radius 1 is 1.12 bits per heavy atom. The van der Waals surface area contributed by atoms with Crippen molar-refractivity contribution >= 4 is 21.9 Å². The van der Waals surface area contributed by atoms with Gasteiger partial charge < -0.3 is 19.6 Å². The highest BCUT2D eigenvalue weighted by Gasteiger charge is 2.15. The second-order valence-corrected chi connectivity index (χ2v) is 6.60. The number of aliphatic hydroxyl groups is 1. The molecule has 4 rings (SSSR count). The number of fused-ring (bicyclic) bond motifs is 2. The SMILES string of the molecule is O=c1c2ccccc2oc2ccc(OCC(O)CN3CCNCC3)cc12. The topological polar surface area (TPSA) is 74.9 Å². The van der Waals surface area contributed by atoms with Gasteiger partial charge in [0, 0.05) is 32.7 Å². The molecule has 3 aromatic rings. The van der Waals surface area contributed by atoms with Crippen molar-refractivity contribution in [2.75, 3.05) is 39.3 Å². The maximum absolute atomic E-state index is 12.7. The van der Waals surface area contributed by atoms with Crippen LogP contribution in [0.3, 0.4) is 0 Å². The Bertz CT molecular complexity index is 963. The van der Waals surface area contributed by atoms with Crippen molar-refractivity contribution in [1.82, 2.24) is 10.2 Å². The average Bonchev–Trinajstić information content (AvgIpc) is 2.68. The molecule has 0 saturated carbocycles. The number of para-hydroxylation sites is 1. The first-order chi connectivity index (χ1) is 12.7. The highest BCUT2D eigenvalue weighted by Crippen LogP contribution is 2.22. The molecule has 0 radical (unpaired) electrons. The van der Waals surface area contributed by atoms with E-state index in [9.17, 15) is 9.90 Å². The number of hydrogen-bond donors (Lipinski definition) is 2. The zero-order valence-electron chi connectivity index (χ0n) is 14.5. The first kappa shape index (κ1) is 17.0. The highest BCUT2D eigenvalue weighted by atomic mass is 16.5. The van der Waals surface area contributed by atoms with E-state index in [4.69, 9.17) is 9.15 Å². The van der Waals surface area contributed by atoms with Gasteiger partial charge >= 0.3 is 0 Å². The molecule has 0 bridgehead atoms. The summed E-state index contributed by atoms with van der Waals surface area (Å²) in [4.78, 5) is 14.9. The normalized spacial score (nSPS) is 16.8. The van der Waals surface area contributed by atoms with E-state index in [2.05, 4.69) is 10.2 Å². The Kier molecular flexibility index (Phi) is 4.88. The molecular weight excluding hydrogens is 332 g/mol. The van der Waals surface area contributed by atoms with Crippen molar-refractivity contribution in [2.24, 2.45) is 0 Å². The molecule has 1 saturated heterocycles. The van der Waals surface area contributed by atoms with Crippen LogP contribution in [-0.4, -0.2) is 55.4 Å². The third-order valence-electron chi connectivity index (χ3n) is 4.67. The van der Waals surface area contributed by atoms with Crippen LogP contribution in [0.1, 0.15) is 0 Å². The molecule has 1 aliphatic rings. The molecule has 1 aliphatic heterocycles. The third-order valence-corrected chi connectivity index (χ3v) is 4.67. The van der Waals surface area contributed by atoms with E-state index in [0.717, 1.165) is 26.2 Å². The molecule has 2 heterocycles. The summed E-state index contributed by atoms with van der Waals surface area (Å²) in [5.74, 6) is 0.555. The van der Waals surface area contributed by atoms with Crippen molar-refractivity contribution in [3.63, 3.8) is 0 Å². The fourth-order valence-electron chi connectivity index (χ4n) is 3.31. The number of piperazine rings is 1. The zero-order chi connectivity index (χ0) is 17.9. The number of aliphatic hydroxyl groups excluding tert-OH is 1. The van der Waals surface area contributed by atoms with E-state index in [-0.39, 0.29) is 12.0 Å². The second-order valence-electron chi connectivity index (χ2n) is 6.60. The monoisotopic (exact) mass is 354 g/mol.